The minimum absolute atomic E-state index is 0.0940. The van der Waals surface area contributed by atoms with Crippen LogP contribution in [0.5, 0.6) is 0 Å². The van der Waals surface area contributed by atoms with Gasteiger partial charge in [-0.05, 0) is 26.2 Å². The van der Waals surface area contributed by atoms with Crippen molar-refractivity contribution in [2.45, 2.75) is 47.0 Å². The number of rotatable bonds is 7. The molecule has 0 aliphatic rings. The van der Waals surface area contributed by atoms with E-state index in [1.165, 1.54) is 12.8 Å². The third kappa shape index (κ3) is 6.10. The van der Waals surface area contributed by atoms with Crippen LogP contribution >= 0.6 is 0 Å². The highest BCUT2D eigenvalue weighted by atomic mass is 16.1. The molecular weight excluding hydrogens is 186 g/mol. The predicted octanol–water partition coefficient (Wildman–Crippen LogP) is 3.41. The SMILES string of the molecule is C=C(N/C=C(\C)C(C)=O)C(C)CCCC. The first-order chi connectivity index (χ1) is 6.99. The number of nitrogens with one attached hydrogen (secondary N) is 1. The molecule has 0 aliphatic carbocycles. The van der Waals surface area contributed by atoms with Crippen LogP contribution in [0.2, 0.25) is 0 Å². The number of allylic oxidation sites excluding steroid dienone is 2. The van der Waals surface area contributed by atoms with Crippen molar-refractivity contribution in [2.24, 2.45) is 5.92 Å². The van der Waals surface area contributed by atoms with Gasteiger partial charge >= 0.3 is 0 Å². The summed E-state index contributed by atoms with van der Waals surface area (Å²) in [6.07, 6.45) is 5.32. The van der Waals surface area contributed by atoms with Gasteiger partial charge in [-0.2, -0.15) is 0 Å². The van der Waals surface area contributed by atoms with E-state index in [1.807, 2.05) is 0 Å². The second-order valence-corrected chi connectivity index (χ2v) is 4.10. The number of ketones is 1. The van der Waals surface area contributed by atoms with Crippen LogP contribution in [0.15, 0.2) is 24.0 Å². The summed E-state index contributed by atoms with van der Waals surface area (Å²) in [4.78, 5) is 11.0. The molecule has 0 spiro atoms. The van der Waals surface area contributed by atoms with Gasteiger partial charge < -0.3 is 5.32 Å². The zero-order chi connectivity index (χ0) is 11.8. The fourth-order valence-corrected chi connectivity index (χ4v) is 1.13. The largest absolute Gasteiger partial charge is 0.365 e. The average Bonchev–Trinajstić information content (AvgIpc) is 2.21. The third-order valence-corrected chi connectivity index (χ3v) is 2.61. The van der Waals surface area contributed by atoms with Crippen LogP contribution in [0, 0.1) is 5.92 Å². The Morgan fingerprint density at radius 3 is 2.53 bits per heavy atom. The van der Waals surface area contributed by atoms with E-state index in [0.717, 1.165) is 17.7 Å². The van der Waals surface area contributed by atoms with Crippen molar-refractivity contribution in [2.75, 3.05) is 0 Å². The van der Waals surface area contributed by atoms with Gasteiger partial charge in [-0.15, -0.1) is 0 Å². The zero-order valence-corrected chi connectivity index (χ0v) is 10.4. The van der Waals surface area contributed by atoms with Gasteiger partial charge in [-0.25, -0.2) is 0 Å². The molecule has 1 N–H and O–H groups in total. The normalized spacial score (nSPS) is 13.5. The maximum Gasteiger partial charge on any atom is 0.156 e. The molecule has 0 radical (unpaired) electrons. The van der Waals surface area contributed by atoms with Crippen molar-refractivity contribution in [3.8, 4) is 0 Å². The number of carbonyl (C=O) groups is 1. The summed E-state index contributed by atoms with van der Waals surface area (Å²) in [6.45, 7) is 11.7. The van der Waals surface area contributed by atoms with Gasteiger partial charge in [0.2, 0.25) is 0 Å². The summed E-state index contributed by atoms with van der Waals surface area (Å²) in [5.74, 6) is 0.553. The van der Waals surface area contributed by atoms with Gasteiger partial charge in [-0.1, -0.05) is 33.3 Å². The number of carbonyl (C=O) groups excluding carboxylic acids is 1. The monoisotopic (exact) mass is 209 g/mol. The van der Waals surface area contributed by atoms with E-state index < -0.39 is 0 Å². The van der Waals surface area contributed by atoms with Gasteiger partial charge in [0.05, 0.1) is 0 Å². The van der Waals surface area contributed by atoms with Gasteiger partial charge in [0.1, 0.15) is 0 Å². The van der Waals surface area contributed by atoms with E-state index in [0.29, 0.717) is 5.92 Å². The third-order valence-electron chi connectivity index (χ3n) is 2.61. The lowest BCUT2D eigenvalue weighted by molar-refractivity contribution is -0.113. The second-order valence-electron chi connectivity index (χ2n) is 4.10. The van der Waals surface area contributed by atoms with E-state index in [4.69, 9.17) is 0 Å². The second kappa shape index (κ2) is 7.27. The molecule has 2 heteroatoms. The van der Waals surface area contributed by atoms with Gasteiger partial charge in [0.15, 0.2) is 5.78 Å². The molecule has 0 bridgehead atoms. The summed E-state index contributed by atoms with van der Waals surface area (Å²) >= 11 is 0. The van der Waals surface area contributed by atoms with Crippen LogP contribution in [-0.2, 0) is 4.79 Å². The van der Waals surface area contributed by atoms with Crippen LogP contribution < -0.4 is 5.32 Å². The predicted molar refractivity (Wildman–Crippen MR) is 65.4 cm³/mol. The Morgan fingerprint density at radius 2 is 2.07 bits per heavy atom. The van der Waals surface area contributed by atoms with Crippen LogP contribution in [0.25, 0.3) is 0 Å². The fourth-order valence-electron chi connectivity index (χ4n) is 1.13. The number of unbranched alkanes of at least 4 members (excludes halogenated alkanes) is 1. The van der Waals surface area contributed by atoms with Crippen LogP contribution in [-0.4, -0.2) is 5.78 Å². The lowest BCUT2D eigenvalue weighted by Gasteiger charge is -2.14. The topological polar surface area (TPSA) is 29.1 Å². The van der Waals surface area contributed by atoms with Crippen molar-refractivity contribution in [1.82, 2.24) is 5.32 Å². The summed E-state index contributed by atoms with van der Waals surface area (Å²) in [5.41, 5.74) is 1.72. The molecule has 1 atom stereocenters. The molecule has 0 aromatic carbocycles. The molecule has 0 saturated carbocycles. The van der Waals surface area contributed by atoms with Crippen molar-refractivity contribution in [3.63, 3.8) is 0 Å². The first-order valence-corrected chi connectivity index (χ1v) is 5.62. The van der Waals surface area contributed by atoms with Gasteiger partial charge in [-0.3, -0.25) is 4.79 Å². The van der Waals surface area contributed by atoms with E-state index in [1.54, 1.807) is 20.0 Å². The van der Waals surface area contributed by atoms with Crippen molar-refractivity contribution in [3.05, 3.63) is 24.0 Å². The molecule has 15 heavy (non-hydrogen) atoms. The molecule has 0 heterocycles. The Morgan fingerprint density at radius 1 is 1.47 bits per heavy atom. The molecule has 2 nitrogen and oxygen atoms in total. The number of hydrogen-bond donors (Lipinski definition) is 1. The highest BCUT2D eigenvalue weighted by Gasteiger charge is 2.04. The van der Waals surface area contributed by atoms with Crippen LogP contribution in [0.3, 0.4) is 0 Å². The Kier molecular flexibility index (Phi) is 6.76. The zero-order valence-electron chi connectivity index (χ0n) is 10.4. The molecule has 0 rings (SSSR count). The van der Waals surface area contributed by atoms with E-state index >= 15 is 0 Å². The van der Waals surface area contributed by atoms with E-state index in [-0.39, 0.29) is 5.78 Å². The summed E-state index contributed by atoms with van der Waals surface area (Å²) in [6, 6.07) is 0. The maximum absolute atomic E-state index is 11.0. The van der Waals surface area contributed by atoms with E-state index in [2.05, 4.69) is 25.7 Å². The molecule has 0 fully saturated rings. The first-order valence-electron chi connectivity index (χ1n) is 5.62. The lowest BCUT2D eigenvalue weighted by atomic mass is 10.0. The minimum Gasteiger partial charge on any atom is -0.365 e. The molecule has 0 amide bonds. The van der Waals surface area contributed by atoms with Crippen molar-refractivity contribution >= 4 is 5.78 Å². The van der Waals surface area contributed by atoms with Gasteiger partial charge in [0.25, 0.3) is 0 Å². The minimum atomic E-state index is 0.0940. The molecule has 86 valence electrons. The Balaban J connectivity index is 4.03. The molecule has 0 aliphatic heterocycles. The standard InChI is InChI=1S/C13H23NO/c1-6-7-8-10(2)12(4)14-9-11(3)13(5)15/h9-10,14H,4,6-8H2,1-3,5H3/b11-9+. The quantitative estimate of drug-likeness (QED) is 0.651. The maximum atomic E-state index is 11.0. The Labute approximate surface area is 93.5 Å². The smallest absolute Gasteiger partial charge is 0.156 e. The summed E-state index contributed by atoms with van der Waals surface area (Å²) in [5, 5.41) is 3.10. The molecule has 1 unspecified atom stereocenters. The molecular formula is C13H23NO. The van der Waals surface area contributed by atoms with E-state index in [9.17, 15) is 4.79 Å². The molecule has 0 aromatic rings. The number of Topliss-reactive ketones (excluding diaryl/α,β-unsaturated/α-hetero) is 1. The van der Waals surface area contributed by atoms with Gasteiger partial charge in [0, 0.05) is 17.5 Å². The Hall–Kier alpha value is -1.05. The highest BCUT2D eigenvalue weighted by Crippen LogP contribution is 2.13. The van der Waals surface area contributed by atoms with Crippen LogP contribution in [0.1, 0.15) is 47.0 Å². The fraction of sp³-hybridized carbons (Fsp3) is 0.615. The van der Waals surface area contributed by atoms with Crippen LogP contribution in [0.4, 0.5) is 0 Å². The van der Waals surface area contributed by atoms with Crippen molar-refractivity contribution < 1.29 is 4.79 Å². The Bertz CT molecular complexity index is 253. The first kappa shape index (κ1) is 13.9. The summed E-state index contributed by atoms with van der Waals surface area (Å²) < 4.78 is 0. The highest BCUT2D eigenvalue weighted by molar-refractivity contribution is 5.92. The molecule has 0 saturated heterocycles. The van der Waals surface area contributed by atoms with Crippen molar-refractivity contribution in [1.29, 1.82) is 0 Å². The molecule has 0 aromatic heterocycles. The summed E-state index contributed by atoms with van der Waals surface area (Å²) in [7, 11) is 0. The average molecular weight is 209 g/mol. The lowest BCUT2D eigenvalue weighted by Crippen LogP contribution is -2.13. The number of hydrogen-bond acceptors (Lipinski definition) is 2.